The van der Waals surface area contributed by atoms with Crippen molar-refractivity contribution < 1.29 is 14.3 Å². The van der Waals surface area contributed by atoms with Crippen LogP contribution in [-0.2, 0) is 27.3 Å². The van der Waals surface area contributed by atoms with Gasteiger partial charge in [0.1, 0.15) is 5.25 Å². The first-order valence-electron chi connectivity index (χ1n) is 9.29. The van der Waals surface area contributed by atoms with Crippen LogP contribution in [0.3, 0.4) is 0 Å². The molecule has 5 nitrogen and oxygen atoms in total. The summed E-state index contributed by atoms with van der Waals surface area (Å²) in [7, 11) is 0. The minimum Gasteiger partial charge on any atom is -0.466 e. The fraction of sp³-hybridized carbons (Fsp3) is 0.227. The Balaban J connectivity index is 1.70. The van der Waals surface area contributed by atoms with Crippen LogP contribution in [0.25, 0.3) is 0 Å². The molecule has 0 aliphatic rings. The highest BCUT2D eigenvalue weighted by Crippen LogP contribution is 2.37. The summed E-state index contributed by atoms with van der Waals surface area (Å²) in [6.45, 7) is 2.59. The van der Waals surface area contributed by atoms with Crippen molar-refractivity contribution in [1.29, 1.82) is 0 Å². The lowest BCUT2D eigenvalue weighted by Gasteiger charge is -2.16. The third-order valence-electron chi connectivity index (χ3n) is 4.03. The first-order valence-corrected chi connectivity index (χ1v) is 11.0. The van der Waals surface area contributed by atoms with Crippen LogP contribution in [0.15, 0.2) is 70.4 Å². The highest BCUT2D eigenvalue weighted by Gasteiger charge is 2.23. The molecule has 0 aliphatic heterocycles. The quantitative estimate of drug-likeness (QED) is 0.406. The molecule has 0 saturated heterocycles. The smallest absolute Gasteiger partial charge is 0.311 e. The van der Waals surface area contributed by atoms with Gasteiger partial charge in [-0.25, -0.2) is 4.98 Å². The highest BCUT2D eigenvalue weighted by molar-refractivity contribution is 8.01. The summed E-state index contributed by atoms with van der Waals surface area (Å²) in [5.41, 5.74) is 2.61. The topological polar surface area (TPSA) is 68.3 Å². The van der Waals surface area contributed by atoms with E-state index >= 15 is 0 Å². The molecule has 7 heteroatoms. The number of rotatable bonds is 9. The monoisotopic (exact) mass is 426 g/mol. The summed E-state index contributed by atoms with van der Waals surface area (Å²) in [6.07, 6.45) is 0.140. The van der Waals surface area contributed by atoms with Crippen molar-refractivity contribution in [2.75, 3.05) is 6.61 Å². The molecule has 1 heterocycles. The summed E-state index contributed by atoms with van der Waals surface area (Å²) in [5, 5.41) is 4.42. The van der Waals surface area contributed by atoms with E-state index in [9.17, 15) is 9.59 Å². The van der Waals surface area contributed by atoms with E-state index in [1.807, 2.05) is 66.0 Å². The average Bonchev–Trinajstić information content (AvgIpc) is 3.18. The molecular weight excluding hydrogens is 404 g/mol. The Morgan fingerprint density at radius 1 is 1.10 bits per heavy atom. The average molecular weight is 427 g/mol. The van der Waals surface area contributed by atoms with Crippen LogP contribution >= 0.6 is 23.1 Å². The minimum atomic E-state index is -0.429. The largest absolute Gasteiger partial charge is 0.466 e. The maximum atomic E-state index is 13.0. The summed E-state index contributed by atoms with van der Waals surface area (Å²) in [6, 6.07) is 19.4. The minimum absolute atomic E-state index is 0.0767. The number of ether oxygens (including phenoxy) is 1. The zero-order chi connectivity index (χ0) is 20.5. The molecular formula is C22H22N2O3S2. The van der Waals surface area contributed by atoms with E-state index in [1.54, 1.807) is 6.92 Å². The van der Waals surface area contributed by atoms with Gasteiger partial charge in [-0.3, -0.25) is 9.59 Å². The Labute approximate surface area is 178 Å². The van der Waals surface area contributed by atoms with Crippen molar-refractivity contribution in [1.82, 2.24) is 10.3 Å². The Bertz CT molecular complexity index is 930. The van der Waals surface area contributed by atoms with E-state index in [0.29, 0.717) is 18.8 Å². The van der Waals surface area contributed by atoms with E-state index in [4.69, 9.17) is 4.74 Å². The first kappa shape index (κ1) is 21.1. The van der Waals surface area contributed by atoms with Gasteiger partial charge < -0.3 is 10.1 Å². The molecule has 0 unspecified atom stereocenters. The summed E-state index contributed by atoms with van der Waals surface area (Å²) in [4.78, 5) is 29.1. The molecule has 29 heavy (non-hydrogen) atoms. The van der Waals surface area contributed by atoms with Gasteiger partial charge in [0.25, 0.3) is 0 Å². The van der Waals surface area contributed by atoms with Gasteiger partial charge in [-0.05, 0) is 18.1 Å². The summed E-state index contributed by atoms with van der Waals surface area (Å²) in [5.74, 6) is -0.373. The van der Waals surface area contributed by atoms with Gasteiger partial charge in [-0.15, -0.1) is 11.3 Å². The second kappa shape index (κ2) is 10.8. The Hall–Kier alpha value is -2.64. The highest BCUT2D eigenvalue weighted by atomic mass is 32.2. The van der Waals surface area contributed by atoms with Crippen molar-refractivity contribution in [3.63, 3.8) is 0 Å². The van der Waals surface area contributed by atoms with Crippen LogP contribution in [0.5, 0.6) is 0 Å². The number of nitrogens with zero attached hydrogens (tertiary/aromatic N) is 1. The molecule has 150 valence electrons. The van der Waals surface area contributed by atoms with Gasteiger partial charge in [0.15, 0.2) is 4.34 Å². The van der Waals surface area contributed by atoms with Crippen LogP contribution in [0.4, 0.5) is 0 Å². The number of aromatic nitrogens is 1. The number of esters is 1. The van der Waals surface area contributed by atoms with Gasteiger partial charge in [-0.1, -0.05) is 72.4 Å². The molecule has 0 aliphatic carbocycles. The first-order chi connectivity index (χ1) is 14.2. The number of benzene rings is 2. The van der Waals surface area contributed by atoms with Crippen molar-refractivity contribution in [3.05, 3.63) is 82.9 Å². The molecule has 3 rings (SSSR count). The predicted molar refractivity (Wildman–Crippen MR) is 116 cm³/mol. The van der Waals surface area contributed by atoms with E-state index in [0.717, 1.165) is 15.5 Å². The van der Waals surface area contributed by atoms with Crippen LogP contribution < -0.4 is 5.32 Å². The van der Waals surface area contributed by atoms with E-state index in [1.165, 1.54) is 23.1 Å². The molecule has 0 spiro atoms. The Morgan fingerprint density at radius 3 is 2.48 bits per heavy atom. The van der Waals surface area contributed by atoms with E-state index < -0.39 is 5.25 Å². The van der Waals surface area contributed by atoms with Crippen molar-refractivity contribution >= 4 is 35.0 Å². The van der Waals surface area contributed by atoms with Crippen molar-refractivity contribution in [2.24, 2.45) is 0 Å². The third-order valence-corrected chi connectivity index (χ3v) is 6.31. The van der Waals surface area contributed by atoms with E-state index in [2.05, 4.69) is 10.3 Å². The predicted octanol–water partition coefficient (Wildman–Crippen LogP) is 4.40. The molecule has 0 bridgehead atoms. The number of hydrogen-bond donors (Lipinski definition) is 1. The maximum Gasteiger partial charge on any atom is 0.311 e. The molecule has 2 aromatic carbocycles. The molecule has 1 N–H and O–H groups in total. The van der Waals surface area contributed by atoms with Crippen LogP contribution in [0.1, 0.15) is 29.0 Å². The number of thioether (sulfide) groups is 1. The zero-order valence-corrected chi connectivity index (χ0v) is 17.7. The maximum absolute atomic E-state index is 13.0. The number of carbonyl (C=O) groups excluding carboxylic acids is 2. The van der Waals surface area contributed by atoms with Crippen molar-refractivity contribution in [3.8, 4) is 0 Å². The number of amides is 1. The zero-order valence-electron chi connectivity index (χ0n) is 16.0. The van der Waals surface area contributed by atoms with E-state index in [-0.39, 0.29) is 18.3 Å². The summed E-state index contributed by atoms with van der Waals surface area (Å²) < 4.78 is 5.72. The summed E-state index contributed by atoms with van der Waals surface area (Å²) >= 11 is 2.82. The second-order valence-corrected chi connectivity index (χ2v) is 8.41. The van der Waals surface area contributed by atoms with Crippen LogP contribution in [-0.4, -0.2) is 23.5 Å². The van der Waals surface area contributed by atoms with Gasteiger partial charge >= 0.3 is 5.97 Å². The van der Waals surface area contributed by atoms with Gasteiger partial charge in [0, 0.05) is 11.9 Å². The SMILES string of the molecule is CCOC(=O)Cc1csc(S[C@@H](C(=O)NCc2ccccc2)c2ccccc2)n1. The Kier molecular flexibility index (Phi) is 7.84. The fourth-order valence-corrected chi connectivity index (χ4v) is 4.72. The molecule has 1 amide bonds. The molecule has 3 aromatic rings. The molecule has 0 saturated carbocycles. The number of hydrogen-bond acceptors (Lipinski definition) is 6. The molecule has 0 fully saturated rings. The lowest BCUT2D eigenvalue weighted by molar-refractivity contribution is -0.142. The van der Waals surface area contributed by atoms with Crippen LogP contribution in [0, 0.1) is 0 Å². The van der Waals surface area contributed by atoms with Crippen LogP contribution in [0.2, 0.25) is 0 Å². The second-order valence-electron chi connectivity index (χ2n) is 6.20. The standard InChI is InChI=1S/C22H22N2O3S2/c1-2-27-19(25)13-18-15-28-22(24-18)29-20(17-11-7-4-8-12-17)21(26)23-14-16-9-5-3-6-10-16/h3-12,15,20H,2,13-14H2,1H3,(H,23,26)/t20-/m1/s1. The number of thiazole rings is 1. The number of nitrogens with one attached hydrogen (secondary N) is 1. The molecule has 1 atom stereocenters. The van der Waals surface area contributed by atoms with Gasteiger partial charge in [0.05, 0.1) is 18.7 Å². The lowest BCUT2D eigenvalue weighted by atomic mass is 10.1. The van der Waals surface area contributed by atoms with Crippen molar-refractivity contribution in [2.45, 2.75) is 29.5 Å². The fourth-order valence-electron chi connectivity index (χ4n) is 2.66. The van der Waals surface area contributed by atoms with Gasteiger partial charge in [0.2, 0.25) is 5.91 Å². The number of carbonyl (C=O) groups is 2. The molecule has 0 radical (unpaired) electrons. The third kappa shape index (κ3) is 6.44. The molecule has 1 aromatic heterocycles. The normalized spacial score (nSPS) is 11.6. The Morgan fingerprint density at radius 2 is 1.79 bits per heavy atom. The lowest BCUT2D eigenvalue weighted by Crippen LogP contribution is -2.27. The van der Waals surface area contributed by atoms with Gasteiger partial charge in [-0.2, -0.15) is 0 Å².